The molecule has 5 heteroatoms. The Labute approximate surface area is 123 Å². The van der Waals surface area contributed by atoms with Gasteiger partial charge in [-0.05, 0) is 19.9 Å². The number of piperazine rings is 1. The highest BCUT2D eigenvalue weighted by Gasteiger charge is 2.25. The van der Waals surface area contributed by atoms with Crippen molar-refractivity contribution >= 4 is 11.9 Å². The number of esters is 1. The lowest BCUT2D eigenvalue weighted by atomic mass is 10.2. The highest BCUT2D eigenvalue weighted by atomic mass is 16.5. The summed E-state index contributed by atoms with van der Waals surface area (Å²) in [5.74, 6) is -0.494. The van der Waals surface area contributed by atoms with Crippen LogP contribution in [0.25, 0.3) is 0 Å². The van der Waals surface area contributed by atoms with Crippen molar-refractivity contribution in [3.05, 3.63) is 0 Å². The first kappa shape index (κ1) is 18.9. The third-order valence-corrected chi connectivity index (χ3v) is 2.91. The van der Waals surface area contributed by atoms with E-state index in [1.807, 2.05) is 0 Å². The number of ether oxygens (including phenoxy) is 1. The van der Waals surface area contributed by atoms with Gasteiger partial charge in [0.25, 0.3) is 5.91 Å². The van der Waals surface area contributed by atoms with Crippen molar-refractivity contribution in [3.8, 4) is 0 Å². The van der Waals surface area contributed by atoms with Gasteiger partial charge < -0.3 is 9.64 Å². The summed E-state index contributed by atoms with van der Waals surface area (Å²) < 4.78 is 4.90. The maximum absolute atomic E-state index is 11.9. The van der Waals surface area contributed by atoms with Gasteiger partial charge in [0.2, 0.25) is 0 Å². The summed E-state index contributed by atoms with van der Waals surface area (Å²) in [5.41, 5.74) is 0. The number of carbonyl (C=O) groups is 2. The van der Waals surface area contributed by atoms with Crippen LogP contribution in [0.4, 0.5) is 0 Å². The molecule has 5 nitrogen and oxygen atoms in total. The molecule has 118 valence electrons. The third-order valence-electron chi connectivity index (χ3n) is 2.91. The van der Waals surface area contributed by atoms with Gasteiger partial charge in [-0.2, -0.15) is 0 Å². The van der Waals surface area contributed by atoms with Gasteiger partial charge in [0.1, 0.15) is 0 Å². The van der Waals surface area contributed by atoms with E-state index in [1.54, 1.807) is 11.8 Å². The molecular formula is C15H30N2O3. The minimum atomic E-state index is -0.662. The second-order valence-corrected chi connectivity index (χ2v) is 5.13. The predicted octanol–water partition coefficient (Wildman–Crippen LogP) is 1.91. The summed E-state index contributed by atoms with van der Waals surface area (Å²) in [5, 5.41) is 0. The highest BCUT2D eigenvalue weighted by molar-refractivity contribution is 5.83. The maximum atomic E-state index is 11.9. The predicted molar refractivity (Wildman–Crippen MR) is 80.5 cm³/mol. The van der Waals surface area contributed by atoms with Crippen LogP contribution in [0.2, 0.25) is 0 Å². The van der Waals surface area contributed by atoms with E-state index in [4.69, 9.17) is 4.74 Å². The Bertz CT molecular complexity index is 287. The summed E-state index contributed by atoms with van der Waals surface area (Å²) in [4.78, 5) is 26.8. The number of nitrogens with zero attached hydrogens (tertiary/aromatic N) is 2. The quantitative estimate of drug-likeness (QED) is 0.741. The Hall–Kier alpha value is -1.10. The maximum Gasteiger partial charge on any atom is 0.303 e. The lowest BCUT2D eigenvalue weighted by Crippen LogP contribution is -2.51. The molecule has 0 aromatic rings. The van der Waals surface area contributed by atoms with E-state index >= 15 is 0 Å². The lowest BCUT2D eigenvalue weighted by molar-refractivity contribution is -0.158. The normalized spacial score (nSPS) is 16.9. The number of rotatable bonds is 4. The second kappa shape index (κ2) is 10.7. The topological polar surface area (TPSA) is 49.9 Å². The van der Waals surface area contributed by atoms with Gasteiger partial charge >= 0.3 is 5.97 Å². The van der Waals surface area contributed by atoms with Crippen molar-refractivity contribution in [2.24, 2.45) is 0 Å². The first-order chi connectivity index (χ1) is 9.46. The zero-order valence-corrected chi connectivity index (χ0v) is 13.6. The van der Waals surface area contributed by atoms with Gasteiger partial charge in [0, 0.05) is 33.1 Å². The summed E-state index contributed by atoms with van der Waals surface area (Å²) in [6.07, 6.45) is 1.72. The van der Waals surface area contributed by atoms with E-state index in [1.165, 1.54) is 13.3 Å². The Morgan fingerprint density at radius 1 is 1.10 bits per heavy atom. The fourth-order valence-corrected chi connectivity index (χ4v) is 2.06. The molecule has 1 aliphatic heterocycles. The highest BCUT2D eigenvalue weighted by Crippen LogP contribution is 2.06. The van der Waals surface area contributed by atoms with E-state index in [9.17, 15) is 9.59 Å². The van der Waals surface area contributed by atoms with E-state index in [0.29, 0.717) is 0 Å². The van der Waals surface area contributed by atoms with Crippen LogP contribution in [0.15, 0.2) is 0 Å². The monoisotopic (exact) mass is 286 g/mol. The van der Waals surface area contributed by atoms with Gasteiger partial charge in [0.15, 0.2) is 6.10 Å². The molecule has 1 aliphatic rings. The number of amides is 1. The van der Waals surface area contributed by atoms with E-state index in [-0.39, 0.29) is 5.91 Å². The first-order valence-corrected chi connectivity index (χ1v) is 7.64. The van der Waals surface area contributed by atoms with Crippen LogP contribution in [-0.4, -0.2) is 60.5 Å². The molecule has 0 N–H and O–H groups in total. The van der Waals surface area contributed by atoms with Crippen molar-refractivity contribution in [3.63, 3.8) is 0 Å². The number of hydrogen-bond donors (Lipinski definition) is 0. The first-order valence-electron chi connectivity index (χ1n) is 7.64. The van der Waals surface area contributed by atoms with Crippen LogP contribution in [0.5, 0.6) is 0 Å². The van der Waals surface area contributed by atoms with Crippen LogP contribution < -0.4 is 0 Å². The smallest absolute Gasteiger partial charge is 0.303 e. The van der Waals surface area contributed by atoms with Crippen molar-refractivity contribution < 1.29 is 14.3 Å². The standard InChI is InChI=1S/C12H22N2O3.C3H8/c1-4-5-13-6-8-14(9-7-13)12(16)10(2)17-11(3)15;1-3-2/h10H,4-9H2,1-3H3;3H2,1-2H3/t10-;/m1./s1. The summed E-state index contributed by atoms with van der Waals surface area (Å²) >= 11 is 0. The molecule has 0 aliphatic carbocycles. The summed E-state index contributed by atoms with van der Waals surface area (Å²) in [7, 11) is 0. The van der Waals surface area contributed by atoms with Crippen LogP contribution in [-0.2, 0) is 14.3 Å². The molecule has 0 saturated carbocycles. The largest absolute Gasteiger partial charge is 0.453 e. The fraction of sp³-hybridized carbons (Fsp3) is 0.867. The van der Waals surface area contributed by atoms with Gasteiger partial charge in [-0.3, -0.25) is 14.5 Å². The van der Waals surface area contributed by atoms with Crippen LogP contribution in [0.1, 0.15) is 47.5 Å². The average molecular weight is 286 g/mol. The fourth-order valence-electron chi connectivity index (χ4n) is 2.06. The van der Waals surface area contributed by atoms with Crippen molar-refractivity contribution in [1.29, 1.82) is 0 Å². The second-order valence-electron chi connectivity index (χ2n) is 5.13. The van der Waals surface area contributed by atoms with Crippen molar-refractivity contribution in [2.75, 3.05) is 32.7 Å². The molecule has 1 atom stereocenters. The molecule has 0 aromatic heterocycles. The van der Waals surface area contributed by atoms with Gasteiger partial charge in [-0.25, -0.2) is 0 Å². The zero-order valence-electron chi connectivity index (χ0n) is 13.6. The van der Waals surface area contributed by atoms with E-state index in [2.05, 4.69) is 25.7 Å². The molecule has 0 unspecified atom stereocenters. The molecule has 1 saturated heterocycles. The van der Waals surface area contributed by atoms with Gasteiger partial charge in [-0.1, -0.05) is 27.2 Å². The molecule has 1 heterocycles. The molecule has 1 amide bonds. The minimum Gasteiger partial charge on any atom is -0.453 e. The Morgan fingerprint density at radius 2 is 1.60 bits per heavy atom. The average Bonchev–Trinajstić information content (AvgIpc) is 2.39. The lowest BCUT2D eigenvalue weighted by Gasteiger charge is -2.35. The third kappa shape index (κ3) is 7.48. The summed E-state index contributed by atoms with van der Waals surface area (Å²) in [6, 6.07) is 0. The molecule has 1 rings (SSSR count). The molecule has 0 spiro atoms. The number of carbonyl (C=O) groups excluding carboxylic acids is 2. The van der Waals surface area contributed by atoms with Crippen LogP contribution >= 0.6 is 0 Å². The van der Waals surface area contributed by atoms with Crippen molar-refractivity contribution in [2.45, 2.75) is 53.6 Å². The Balaban J connectivity index is 0.00000110. The Kier molecular flexibility index (Phi) is 10.1. The van der Waals surface area contributed by atoms with E-state index < -0.39 is 12.1 Å². The zero-order chi connectivity index (χ0) is 15.5. The minimum absolute atomic E-state index is 0.0867. The van der Waals surface area contributed by atoms with Crippen molar-refractivity contribution in [1.82, 2.24) is 9.80 Å². The molecule has 0 bridgehead atoms. The summed E-state index contributed by atoms with van der Waals surface area (Å²) in [6.45, 7) is 13.7. The van der Waals surface area contributed by atoms with Crippen LogP contribution in [0, 0.1) is 0 Å². The molecular weight excluding hydrogens is 256 g/mol. The Morgan fingerprint density at radius 3 is 2.00 bits per heavy atom. The van der Waals surface area contributed by atoms with E-state index in [0.717, 1.165) is 39.1 Å². The number of hydrogen-bond acceptors (Lipinski definition) is 4. The van der Waals surface area contributed by atoms with Crippen LogP contribution in [0.3, 0.4) is 0 Å². The molecule has 1 fully saturated rings. The molecule has 0 radical (unpaired) electrons. The SMILES string of the molecule is CCC.CCCN1CCN(C(=O)[C@@H](C)OC(C)=O)CC1. The molecule has 0 aromatic carbocycles. The van der Waals surface area contributed by atoms with Gasteiger partial charge in [0.05, 0.1) is 0 Å². The van der Waals surface area contributed by atoms with Gasteiger partial charge in [-0.15, -0.1) is 0 Å². The molecule has 20 heavy (non-hydrogen) atoms.